The van der Waals surface area contributed by atoms with Crippen LogP contribution in [0.3, 0.4) is 0 Å². The second-order valence-corrected chi connectivity index (χ2v) is 40.5. The molecule has 6 amide bonds. The van der Waals surface area contributed by atoms with E-state index in [4.69, 9.17) is 181 Å². The van der Waals surface area contributed by atoms with E-state index in [0.717, 1.165) is 137 Å². The van der Waals surface area contributed by atoms with Crippen LogP contribution in [0, 0.1) is 5.82 Å². The molecule has 51 heteroatoms. The van der Waals surface area contributed by atoms with Gasteiger partial charge in [-0.1, -0.05) is 169 Å². The van der Waals surface area contributed by atoms with E-state index in [2.05, 4.69) is 87.7 Å². The molecule has 6 aliphatic carbocycles. The molecule has 2 saturated heterocycles. The Morgan fingerprint density at radius 2 is 0.886 bits per heavy atom. The van der Waals surface area contributed by atoms with Crippen LogP contribution in [-0.2, 0) is 9.47 Å². The molecule has 140 heavy (non-hydrogen) atoms. The third kappa shape index (κ3) is 27.6. The molecule has 8 aliphatic rings. The lowest BCUT2D eigenvalue weighted by molar-refractivity contribution is 0.0197. The monoisotopic (exact) mass is 2170 g/mol. The molecule has 2 atom stereocenters. The number of nitrogens with two attached hydrogens (primary N) is 1. The number of piperazine rings is 2. The number of pyridine rings is 5. The number of fused-ring (bicyclic) bond motifs is 2. The molecule has 0 spiro atoms. The number of halogens is 14. The van der Waals surface area contributed by atoms with Gasteiger partial charge in [-0.15, -0.1) is 0 Å². The van der Waals surface area contributed by atoms with Crippen LogP contribution < -0.4 is 49.0 Å². The Hall–Kier alpha value is -9.85. The second kappa shape index (κ2) is 45.8. The Bertz CT molecular complexity index is 6670. The zero-order valence-electron chi connectivity index (χ0n) is 75.7. The SMILES string of the molecule is C[C@H]1CN(C(=O)OC(C)(C)C)CCN1.C[C@H]1CN(C(=O)OC(C)(C)C)CCN1c1nc(=O)n(-c2c(C3CC3)ncnc2C2CC2)c2nc(Cl)c(Cl)cc12.NC(=O)c1cc(Cl)c(Cl)nc1Cl.O=C(NC(=O)c1cc(Cl)c(Cl)nc1Cl)Nc1c(C2CC2)ncnc1C1CC1.O=C(O)c1cc(Cl)c(Cl)nc1Cl.O=c1[nH]c(=O)n(-c2c(C3CC3)ncnc2C2CC2)c2nc(Cl)c(Cl)cc12.OB(O)c1ccccc1F. The second-order valence-electron chi connectivity index (χ2n) is 35.6. The fraction of sp³-hybridized carbons (Fsp3) is 0.404. The maximum absolute atomic E-state index is 13.9. The fourth-order valence-corrected chi connectivity index (χ4v) is 16.8. The predicted molar refractivity (Wildman–Crippen MR) is 534 cm³/mol. The summed E-state index contributed by atoms with van der Waals surface area (Å²) in [5, 5.41) is 35.2. The van der Waals surface area contributed by atoms with Gasteiger partial charge < -0.3 is 55.7 Å². The Kier molecular flexibility index (Phi) is 35.2. The number of imide groups is 1. The number of hydrogen-bond acceptors (Lipinski definition) is 27. The third-order valence-electron chi connectivity index (χ3n) is 22.1. The summed E-state index contributed by atoms with van der Waals surface area (Å²) in [6.07, 6.45) is 16.4. The van der Waals surface area contributed by atoms with Gasteiger partial charge in [-0.3, -0.25) is 24.7 Å². The minimum absolute atomic E-state index is 0.00772. The van der Waals surface area contributed by atoms with Gasteiger partial charge in [-0.2, -0.15) is 4.98 Å². The van der Waals surface area contributed by atoms with Gasteiger partial charge in [0.2, 0.25) is 0 Å². The summed E-state index contributed by atoms with van der Waals surface area (Å²) in [5.74, 6) is -0.945. The highest BCUT2D eigenvalue weighted by molar-refractivity contribution is 6.58. The number of urea groups is 1. The quantitative estimate of drug-likeness (QED) is 0.0370. The number of carboxylic acids is 1. The zero-order chi connectivity index (χ0) is 102. The molecule has 12 heterocycles. The molecule has 6 saturated carbocycles. The number of carbonyl (C=O) groups excluding carboxylic acids is 5. The lowest BCUT2D eigenvalue weighted by atomic mass is 9.80. The van der Waals surface area contributed by atoms with E-state index < -0.39 is 64.9 Å². The van der Waals surface area contributed by atoms with Crippen molar-refractivity contribution in [3.63, 3.8) is 0 Å². The number of carboxylic acid groups (broad SMARTS) is 1. The molecule has 19 rings (SSSR count). The number of rotatable bonds is 14. The van der Waals surface area contributed by atoms with Crippen molar-refractivity contribution >= 4 is 233 Å². The first kappa shape index (κ1) is 107. The number of primary amides is 1. The van der Waals surface area contributed by atoms with Crippen LogP contribution in [0.2, 0.25) is 66.3 Å². The predicted octanol–water partition coefficient (Wildman–Crippen LogP) is 18.2. The van der Waals surface area contributed by atoms with E-state index >= 15 is 0 Å². The number of aromatic nitrogens is 15. The van der Waals surface area contributed by atoms with Crippen molar-refractivity contribution in [3.05, 3.63) is 228 Å². The van der Waals surface area contributed by atoms with Gasteiger partial charge in [-0.25, -0.2) is 97.1 Å². The first-order valence-electron chi connectivity index (χ1n) is 43.8. The molecule has 8 fully saturated rings. The van der Waals surface area contributed by atoms with E-state index in [-0.39, 0.29) is 130 Å². The number of amides is 6. The molecule has 11 aromatic rings. The van der Waals surface area contributed by atoms with Crippen LogP contribution in [0.1, 0.15) is 233 Å². The van der Waals surface area contributed by atoms with E-state index in [1.165, 1.54) is 57.9 Å². The topological polar surface area (TPSA) is 485 Å². The Morgan fingerprint density at radius 1 is 0.493 bits per heavy atom. The molecular formula is C89H89BCl13FN22O14. The summed E-state index contributed by atoms with van der Waals surface area (Å²) >= 11 is 75.6. The van der Waals surface area contributed by atoms with Crippen molar-refractivity contribution in [2.45, 2.75) is 191 Å². The maximum Gasteiger partial charge on any atom is 0.491 e. The minimum Gasteiger partial charge on any atom is -0.478 e. The number of H-pyrrole nitrogens is 1. The summed E-state index contributed by atoms with van der Waals surface area (Å²) in [6, 6.07) is 11.9. The lowest BCUT2D eigenvalue weighted by Gasteiger charge is -2.41. The van der Waals surface area contributed by atoms with Crippen LogP contribution in [0.4, 0.5) is 30.3 Å². The van der Waals surface area contributed by atoms with Crippen LogP contribution in [0.5, 0.6) is 0 Å². The summed E-state index contributed by atoms with van der Waals surface area (Å²) in [4.78, 5) is 168. The summed E-state index contributed by atoms with van der Waals surface area (Å²) in [5.41, 5.74) is 9.63. The van der Waals surface area contributed by atoms with Crippen molar-refractivity contribution in [1.82, 2.24) is 94.4 Å². The molecular weight excluding hydrogens is 2090 g/mol. The van der Waals surface area contributed by atoms with Crippen LogP contribution in [0.25, 0.3) is 33.4 Å². The van der Waals surface area contributed by atoms with Gasteiger partial charge >= 0.3 is 42.7 Å². The summed E-state index contributed by atoms with van der Waals surface area (Å²) < 4.78 is 26.3. The van der Waals surface area contributed by atoms with Crippen molar-refractivity contribution < 1.29 is 57.8 Å². The number of hydrogen-bond donors (Lipinski definition) is 8. The highest BCUT2D eigenvalue weighted by Gasteiger charge is 2.42. The number of nitrogens with one attached hydrogen (secondary N) is 4. The van der Waals surface area contributed by atoms with Gasteiger partial charge in [0.05, 0.1) is 104 Å². The van der Waals surface area contributed by atoms with Gasteiger partial charge in [0.1, 0.15) is 83.0 Å². The molecule has 740 valence electrons. The normalized spacial score (nSPS) is 16.6. The lowest BCUT2D eigenvalue weighted by Crippen LogP contribution is -2.55. The van der Waals surface area contributed by atoms with E-state index in [1.54, 1.807) is 28.5 Å². The number of anilines is 2. The number of ether oxygens (including phenoxy) is 2. The van der Waals surface area contributed by atoms with E-state index in [0.29, 0.717) is 83.3 Å². The van der Waals surface area contributed by atoms with E-state index in [1.807, 2.05) is 53.4 Å². The largest absolute Gasteiger partial charge is 0.491 e. The van der Waals surface area contributed by atoms with Crippen LogP contribution >= 0.6 is 151 Å². The maximum atomic E-state index is 13.9. The number of benzene rings is 1. The molecule has 0 bridgehead atoms. The standard InChI is InChI=1S/C27H31Cl2N7O3.C17H14Cl3N5O2.C17H13Cl2N5O2.C10H20N2O2.C6H6BFO2.C6H3Cl3N2O.C6H2Cl3NO2/c1-14-12-34(26(38)39-27(2,3)4)9-10-35(14)23-17-11-18(28)22(29)32-24(17)36(25(37)33-23)21-19(15-5-6-15)30-13-31-20(21)16-7-8-16;18-10-5-9(14(19)24-15(10)20)16(26)25-17(27)23-13-11(7-1-2-7)21-6-22-12(13)8-3-4-8;18-10-5-9-15(22-14(10)19)24(17(26)23-16(9)25)13-11(7-1-2-7)20-6-21-12(13)8-3-4-8;1-8-7-12(6-5-11-8)9(13)14-10(2,3)4;8-6-4-2-1-3-5(6)7(9)10;7-3-1-2(6(10)12)4(8)11-5(3)9;7-3-1-2(6(11)12)4(8)10-5(3)9/h11,13-16H,5-10,12H2,1-4H3;5-8H,1-4H2,(H2,23,25,26,27);5-8H,1-4H2,(H,23,25,26);8,11H,5-7H2,1-4H3;1-4,9-10H;1H,(H2,10,12);1H,(H,11,12)/t14-;;;8-;;;/m0..0.../s1. The molecule has 10 aromatic heterocycles. The third-order valence-corrected chi connectivity index (χ3v) is 26.3. The first-order chi connectivity index (χ1) is 66.1. The van der Waals surface area contributed by atoms with Crippen LogP contribution in [-0.4, -0.2) is 205 Å². The molecule has 1 aromatic carbocycles. The highest BCUT2D eigenvalue weighted by Crippen LogP contribution is 2.51. The number of aromatic carboxylic acids is 1. The van der Waals surface area contributed by atoms with Crippen molar-refractivity contribution in [1.29, 1.82) is 0 Å². The first-order valence-corrected chi connectivity index (χ1v) is 48.7. The highest BCUT2D eigenvalue weighted by atomic mass is 35.5. The minimum atomic E-state index is -1.72. The zero-order valence-corrected chi connectivity index (χ0v) is 85.5. The van der Waals surface area contributed by atoms with Crippen LogP contribution in [0.15, 0.2) is 88.0 Å². The molecule has 36 nitrogen and oxygen atoms in total. The number of nitrogens with zero attached hydrogens (tertiary/aromatic N) is 17. The van der Waals surface area contributed by atoms with Gasteiger partial charge in [0.25, 0.3) is 17.4 Å². The Labute approximate surface area is 864 Å². The average molecular weight is 2180 g/mol. The molecule has 0 unspecified atom stereocenters. The van der Waals surface area contributed by atoms with Gasteiger partial charge in [0.15, 0.2) is 11.3 Å². The summed E-state index contributed by atoms with van der Waals surface area (Å²) in [7, 11) is -1.72. The molecule has 2 aliphatic heterocycles. The van der Waals surface area contributed by atoms with E-state index in [9.17, 15) is 47.5 Å². The fourth-order valence-electron chi connectivity index (χ4n) is 14.6. The Balaban J connectivity index is 0.000000145. The van der Waals surface area contributed by atoms with Gasteiger partial charge in [0, 0.05) is 92.3 Å². The number of carbonyl (C=O) groups is 6. The van der Waals surface area contributed by atoms with Crippen molar-refractivity contribution in [2.24, 2.45) is 5.73 Å². The Morgan fingerprint density at radius 3 is 1.31 bits per heavy atom. The smallest absolute Gasteiger partial charge is 0.478 e. The van der Waals surface area contributed by atoms with Gasteiger partial charge in [-0.05, 0) is 169 Å². The number of aromatic amines is 1. The van der Waals surface area contributed by atoms with Crippen molar-refractivity contribution in [3.8, 4) is 11.4 Å². The molecule has 0 radical (unpaired) electrons. The average Bonchev–Trinajstić information content (AvgIpc) is 1.42. The van der Waals surface area contributed by atoms with Crippen molar-refractivity contribution in [2.75, 3.05) is 49.5 Å². The molecule has 9 N–H and O–H groups in total. The summed E-state index contributed by atoms with van der Waals surface area (Å²) in [6.45, 7) is 18.9.